The van der Waals surface area contributed by atoms with Gasteiger partial charge in [0.1, 0.15) is 29.0 Å². The Bertz CT molecular complexity index is 792. The van der Waals surface area contributed by atoms with Crippen LogP contribution in [0.15, 0.2) is 46.9 Å². The van der Waals surface area contributed by atoms with Crippen LogP contribution in [-0.4, -0.2) is 12.2 Å². The number of aryl methyl sites for hydroxylation is 1. The number of halogens is 1. The van der Waals surface area contributed by atoms with Crippen molar-refractivity contribution in [1.29, 1.82) is 0 Å². The van der Waals surface area contributed by atoms with Gasteiger partial charge in [-0.3, -0.25) is 0 Å². The van der Waals surface area contributed by atoms with Gasteiger partial charge in [0.25, 0.3) is 0 Å². The standard InChI is InChI=1S/C17H15FO3/c1-10-3-4-11(8-15(10)20-2)17(19)16-9-12-7-13(18)5-6-14(12)21-16/h3-9,17,19H,1-2H3. The maximum atomic E-state index is 13.2. The minimum atomic E-state index is -0.921. The molecule has 21 heavy (non-hydrogen) atoms. The van der Waals surface area contributed by atoms with E-state index in [-0.39, 0.29) is 5.82 Å². The minimum absolute atomic E-state index is 0.332. The smallest absolute Gasteiger partial charge is 0.138 e. The Morgan fingerprint density at radius 2 is 1.95 bits per heavy atom. The molecule has 0 radical (unpaired) electrons. The summed E-state index contributed by atoms with van der Waals surface area (Å²) in [5.41, 5.74) is 2.20. The van der Waals surface area contributed by atoms with Crippen LogP contribution in [0.1, 0.15) is 23.0 Å². The first-order valence-electron chi connectivity index (χ1n) is 6.60. The summed E-state index contributed by atoms with van der Waals surface area (Å²) >= 11 is 0. The number of aliphatic hydroxyl groups excluding tert-OH is 1. The molecule has 0 saturated carbocycles. The molecule has 0 bridgehead atoms. The molecule has 1 aromatic heterocycles. The largest absolute Gasteiger partial charge is 0.496 e. The highest BCUT2D eigenvalue weighted by atomic mass is 19.1. The van der Waals surface area contributed by atoms with Gasteiger partial charge in [-0.25, -0.2) is 4.39 Å². The second-order valence-electron chi connectivity index (χ2n) is 4.96. The number of ether oxygens (including phenoxy) is 1. The molecule has 1 unspecified atom stereocenters. The Morgan fingerprint density at radius 1 is 1.14 bits per heavy atom. The van der Waals surface area contributed by atoms with E-state index in [1.54, 1.807) is 25.3 Å². The van der Waals surface area contributed by atoms with Crippen molar-refractivity contribution in [3.63, 3.8) is 0 Å². The first-order chi connectivity index (χ1) is 10.1. The summed E-state index contributed by atoms with van der Waals surface area (Å²) in [7, 11) is 1.59. The highest BCUT2D eigenvalue weighted by Gasteiger charge is 2.17. The van der Waals surface area contributed by atoms with Crippen LogP contribution in [0.4, 0.5) is 4.39 Å². The number of furan rings is 1. The molecule has 1 N–H and O–H groups in total. The van der Waals surface area contributed by atoms with Crippen molar-refractivity contribution in [3.05, 3.63) is 65.2 Å². The number of hydrogen-bond donors (Lipinski definition) is 1. The Labute approximate surface area is 121 Å². The Hall–Kier alpha value is -2.33. The molecule has 0 fully saturated rings. The molecule has 0 aliphatic rings. The number of rotatable bonds is 3. The third-order valence-electron chi connectivity index (χ3n) is 3.51. The Kier molecular flexibility index (Phi) is 3.39. The lowest BCUT2D eigenvalue weighted by Gasteiger charge is -2.11. The number of aliphatic hydroxyl groups is 1. The fourth-order valence-corrected chi connectivity index (χ4v) is 2.34. The summed E-state index contributed by atoms with van der Waals surface area (Å²) in [5, 5.41) is 11.1. The lowest BCUT2D eigenvalue weighted by atomic mass is 10.0. The normalized spacial score (nSPS) is 12.6. The second kappa shape index (κ2) is 5.22. The van der Waals surface area contributed by atoms with E-state index in [0.29, 0.717) is 28.0 Å². The third-order valence-corrected chi connectivity index (χ3v) is 3.51. The number of fused-ring (bicyclic) bond motifs is 1. The van der Waals surface area contributed by atoms with Crippen LogP contribution >= 0.6 is 0 Å². The number of benzene rings is 2. The lowest BCUT2D eigenvalue weighted by Crippen LogP contribution is -1.99. The van der Waals surface area contributed by atoms with Crippen LogP contribution in [-0.2, 0) is 0 Å². The van der Waals surface area contributed by atoms with Gasteiger partial charge < -0.3 is 14.3 Å². The van der Waals surface area contributed by atoms with Gasteiger partial charge in [-0.2, -0.15) is 0 Å². The van der Waals surface area contributed by atoms with Gasteiger partial charge in [0.05, 0.1) is 7.11 Å². The molecule has 0 spiro atoms. The minimum Gasteiger partial charge on any atom is -0.496 e. The van der Waals surface area contributed by atoms with Gasteiger partial charge in [-0.05, 0) is 48.4 Å². The zero-order chi connectivity index (χ0) is 15.0. The van der Waals surface area contributed by atoms with Crippen molar-refractivity contribution < 1.29 is 18.7 Å². The van der Waals surface area contributed by atoms with Gasteiger partial charge in [0, 0.05) is 5.39 Å². The van der Waals surface area contributed by atoms with E-state index in [2.05, 4.69) is 0 Å². The molecule has 108 valence electrons. The third kappa shape index (κ3) is 2.50. The average molecular weight is 286 g/mol. The fraction of sp³-hybridized carbons (Fsp3) is 0.176. The van der Waals surface area contributed by atoms with Crippen molar-refractivity contribution in [1.82, 2.24) is 0 Å². The van der Waals surface area contributed by atoms with Crippen molar-refractivity contribution in [2.24, 2.45) is 0 Å². The van der Waals surface area contributed by atoms with Crippen molar-refractivity contribution in [3.8, 4) is 5.75 Å². The zero-order valence-electron chi connectivity index (χ0n) is 11.8. The fourth-order valence-electron chi connectivity index (χ4n) is 2.34. The SMILES string of the molecule is COc1cc(C(O)c2cc3cc(F)ccc3o2)ccc1C. The molecule has 1 atom stereocenters. The van der Waals surface area contributed by atoms with E-state index >= 15 is 0 Å². The molecule has 3 rings (SSSR count). The van der Waals surface area contributed by atoms with Gasteiger partial charge in [0.2, 0.25) is 0 Å². The van der Waals surface area contributed by atoms with Gasteiger partial charge in [-0.15, -0.1) is 0 Å². The van der Waals surface area contributed by atoms with Gasteiger partial charge in [0.15, 0.2) is 0 Å². The van der Waals surface area contributed by atoms with Crippen LogP contribution in [0.2, 0.25) is 0 Å². The van der Waals surface area contributed by atoms with Crippen molar-refractivity contribution >= 4 is 11.0 Å². The van der Waals surface area contributed by atoms with E-state index in [0.717, 1.165) is 5.56 Å². The molecule has 3 nitrogen and oxygen atoms in total. The summed E-state index contributed by atoms with van der Waals surface area (Å²) in [6, 6.07) is 11.4. The molecule has 0 amide bonds. The van der Waals surface area contributed by atoms with E-state index < -0.39 is 6.10 Å². The number of hydrogen-bond acceptors (Lipinski definition) is 3. The highest BCUT2D eigenvalue weighted by Crippen LogP contribution is 2.31. The molecule has 0 aliphatic carbocycles. The van der Waals surface area contributed by atoms with E-state index in [4.69, 9.17) is 9.15 Å². The summed E-state index contributed by atoms with van der Waals surface area (Å²) in [6.45, 7) is 1.93. The first-order valence-corrected chi connectivity index (χ1v) is 6.60. The zero-order valence-corrected chi connectivity index (χ0v) is 11.8. The maximum Gasteiger partial charge on any atom is 0.138 e. The van der Waals surface area contributed by atoms with E-state index in [1.807, 2.05) is 19.1 Å². The average Bonchev–Trinajstić information content (AvgIpc) is 2.90. The first kappa shape index (κ1) is 13.6. The van der Waals surface area contributed by atoms with Crippen LogP contribution in [0.3, 0.4) is 0 Å². The number of methoxy groups -OCH3 is 1. The van der Waals surface area contributed by atoms with E-state index in [1.165, 1.54) is 12.1 Å². The van der Waals surface area contributed by atoms with Crippen molar-refractivity contribution in [2.45, 2.75) is 13.0 Å². The summed E-state index contributed by atoms with van der Waals surface area (Å²) in [4.78, 5) is 0. The molecule has 2 aromatic carbocycles. The molecule has 3 aromatic rings. The summed E-state index contributed by atoms with van der Waals surface area (Å²) in [6.07, 6.45) is -0.921. The Balaban J connectivity index is 2.01. The Morgan fingerprint density at radius 3 is 2.71 bits per heavy atom. The second-order valence-corrected chi connectivity index (χ2v) is 4.96. The monoisotopic (exact) mass is 286 g/mol. The van der Waals surface area contributed by atoms with Gasteiger partial charge >= 0.3 is 0 Å². The van der Waals surface area contributed by atoms with Crippen LogP contribution in [0.5, 0.6) is 5.75 Å². The molecule has 0 saturated heterocycles. The predicted molar refractivity (Wildman–Crippen MR) is 78.0 cm³/mol. The highest BCUT2D eigenvalue weighted by molar-refractivity contribution is 5.78. The van der Waals surface area contributed by atoms with Crippen molar-refractivity contribution in [2.75, 3.05) is 7.11 Å². The lowest BCUT2D eigenvalue weighted by molar-refractivity contribution is 0.192. The van der Waals surface area contributed by atoms with Crippen LogP contribution in [0, 0.1) is 12.7 Å². The van der Waals surface area contributed by atoms with Crippen LogP contribution < -0.4 is 4.74 Å². The molecule has 1 heterocycles. The summed E-state index contributed by atoms with van der Waals surface area (Å²) in [5.74, 6) is 0.747. The topological polar surface area (TPSA) is 42.6 Å². The van der Waals surface area contributed by atoms with Gasteiger partial charge in [-0.1, -0.05) is 12.1 Å². The maximum absolute atomic E-state index is 13.2. The van der Waals surface area contributed by atoms with Crippen LogP contribution in [0.25, 0.3) is 11.0 Å². The molecule has 4 heteroatoms. The molecular formula is C17H15FO3. The molecule has 0 aliphatic heterocycles. The quantitative estimate of drug-likeness (QED) is 0.792. The summed E-state index contributed by atoms with van der Waals surface area (Å²) < 4.78 is 24.0. The van der Waals surface area contributed by atoms with E-state index in [9.17, 15) is 9.50 Å². The predicted octanol–water partition coefficient (Wildman–Crippen LogP) is 3.97. The molecular weight excluding hydrogens is 271 g/mol.